The lowest BCUT2D eigenvalue weighted by Gasteiger charge is -2.27. The first-order valence-electron chi connectivity index (χ1n) is 9.81. The third-order valence-electron chi connectivity index (χ3n) is 6.52. The summed E-state index contributed by atoms with van der Waals surface area (Å²) in [5, 5.41) is 9.03. The Morgan fingerprint density at radius 2 is 1.86 bits per heavy atom. The lowest BCUT2D eigenvalue weighted by atomic mass is 10.0. The number of nitrogens with one attached hydrogen (secondary N) is 3. The Morgan fingerprint density at radius 3 is 2.61 bits per heavy atom. The van der Waals surface area contributed by atoms with Crippen LogP contribution in [-0.2, 0) is 16.1 Å². The third-order valence-corrected chi connectivity index (χ3v) is 6.52. The molecule has 146 valence electrons. The van der Waals surface area contributed by atoms with Crippen molar-refractivity contribution in [2.24, 2.45) is 17.8 Å². The largest absolute Gasteiger partial charge is 0.316 e. The van der Waals surface area contributed by atoms with E-state index in [-0.39, 0.29) is 18.7 Å². The van der Waals surface area contributed by atoms with Gasteiger partial charge in [-0.05, 0) is 55.4 Å². The maximum Gasteiger partial charge on any atom is 0.262 e. The molecule has 3 fully saturated rings. The Hall–Kier alpha value is -2.58. The van der Waals surface area contributed by atoms with Crippen LogP contribution in [0, 0.1) is 17.8 Å². The molecule has 8 nitrogen and oxygen atoms in total. The minimum absolute atomic E-state index is 0.122. The van der Waals surface area contributed by atoms with Crippen LogP contribution in [0.1, 0.15) is 39.1 Å². The first-order valence-corrected chi connectivity index (χ1v) is 9.81. The van der Waals surface area contributed by atoms with Gasteiger partial charge in [-0.1, -0.05) is 12.1 Å². The summed E-state index contributed by atoms with van der Waals surface area (Å²) in [5.74, 6) is 0.358. The molecular weight excluding hydrogens is 360 g/mol. The summed E-state index contributed by atoms with van der Waals surface area (Å²) in [4.78, 5) is 50.4. The molecule has 4 aliphatic rings. The number of nitrogens with zero attached hydrogens (tertiary/aromatic N) is 1. The van der Waals surface area contributed by atoms with Gasteiger partial charge in [0.1, 0.15) is 6.04 Å². The second-order valence-electron chi connectivity index (χ2n) is 8.07. The number of benzene rings is 1. The minimum Gasteiger partial charge on any atom is -0.316 e. The number of piperidine rings is 2. The Kier molecular flexibility index (Phi) is 4.06. The van der Waals surface area contributed by atoms with Crippen LogP contribution >= 0.6 is 0 Å². The quantitative estimate of drug-likeness (QED) is 0.601. The molecule has 3 heterocycles. The van der Waals surface area contributed by atoms with Gasteiger partial charge in [0.2, 0.25) is 11.8 Å². The highest BCUT2D eigenvalue weighted by Gasteiger charge is 2.52. The molecule has 3 aliphatic heterocycles. The van der Waals surface area contributed by atoms with E-state index in [1.807, 2.05) is 6.07 Å². The average Bonchev–Trinajstić information content (AvgIpc) is 2.99. The van der Waals surface area contributed by atoms with Crippen molar-refractivity contribution in [1.82, 2.24) is 20.9 Å². The highest BCUT2D eigenvalue weighted by atomic mass is 16.2. The highest BCUT2D eigenvalue weighted by molar-refractivity contribution is 6.24. The molecule has 8 heteroatoms. The van der Waals surface area contributed by atoms with Gasteiger partial charge >= 0.3 is 0 Å². The standard InChI is InChI=1S/C20H22N4O4/c25-16-5-4-15(18(26)23-16)24-19(27)11-3-1-2-10(17(11)20(24)28)6-21-7-12-13-8-22-9-14(12)13/h1-3,12-15,21-22H,4-9H2,(H,23,25,26). The van der Waals surface area contributed by atoms with E-state index in [1.165, 1.54) is 0 Å². The van der Waals surface area contributed by atoms with Gasteiger partial charge in [0.05, 0.1) is 11.1 Å². The second-order valence-corrected chi connectivity index (χ2v) is 8.07. The van der Waals surface area contributed by atoms with E-state index in [4.69, 9.17) is 0 Å². The molecule has 3 N–H and O–H groups in total. The second kappa shape index (κ2) is 6.49. The van der Waals surface area contributed by atoms with Crippen molar-refractivity contribution >= 4 is 23.6 Å². The Morgan fingerprint density at radius 1 is 1.07 bits per heavy atom. The molecule has 1 aromatic carbocycles. The van der Waals surface area contributed by atoms with E-state index >= 15 is 0 Å². The maximum atomic E-state index is 13.0. The summed E-state index contributed by atoms with van der Waals surface area (Å²) in [7, 11) is 0. The fourth-order valence-corrected chi connectivity index (χ4v) is 4.96. The van der Waals surface area contributed by atoms with Crippen LogP contribution in [-0.4, -0.2) is 54.2 Å². The van der Waals surface area contributed by atoms with E-state index in [0.29, 0.717) is 23.6 Å². The van der Waals surface area contributed by atoms with Crippen molar-refractivity contribution in [3.63, 3.8) is 0 Å². The number of amides is 4. The summed E-state index contributed by atoms with van der Waals surface area (Å²) in [6.45, 7) is 3.59. The molecule has 1 aliphatic carbocycles. The number of hydrogen-bond acceptors (Lipinski definition) is 6. The third kappa shape index (κ3) is 2.67. The van der Waals surface area contributed by atoms with E-state index in [0.717, 1.165) is 41.9 Å². The highest BCUT2D eigenvalue weighted by Crippen LogP contribution is 2.48. The van der Waals surface area contributed by atoms with Gasteiger partial charge < -0.3 is 10.6 Å². The molecule has 3 unspecified atom stereocenters. The summed E-state index contributed by atoms with van der Waals surface area (Å²) in [6.07, 6.45) is 0.291. The first-order chi connectivity index (χ1) is 13.6. The van der Waals surface area contributed by atoms with Crippen LogP contribution in [0.4, 0.5) is 0 Å². The number of imide groups is 2. The van der Waals surface area contributed by atoms with Crippen LogP contribution in [0.15, 0.2) is 18.2 Å². The van der Waals surface area contributed by atoms with Crippen molar-refractivity contribution in [3.8, 4) is 0 Å². The van der Waals surface area contributed by atoms with Crippen LogP contribution < -0.4 is 16.0 Å². The maximum absolute atomic E-state index is 13.0. The number of carbonyl (C=O) groups excluding carboxylic acids is 4. The first kappa shape index (κ1) is 17.5. The zero-order valence-corrected chi connectivity index (χ0v) is 15.4. The molecule has 5 rings (SSSR count). The fourth-order valence-electron chi connectivity index (χ4n) is 4.96. The van der Waals surface area contributed by atoms with Crippen LogP contribution in [0.5, 0.6) is 0 Å². The van der Waals surface area contributed by atoms with Gasteiger partial charge in [-0.25, -0.2) is 0 Å². The van der Waals surface area contributed by atoms with Gasteiger partial charge in [0, 0.05) is 13.0 Å². The lowest BCUT2D eigenvalue weighted by Crippen LogP contribution is -2.54. The smallest absolute Gasteiger partial charge is 0.262 e. The van der Waals surface area contributed by atoms with Crippen molar-refractivity contribution < 1.29 is 19.2 Å². The van der Waals surface area contributed by atoms with Crippen molar-refractivity contribution in [1.29, 1.82) is 0 Å². The minimum atomic E-state index is -0.927. The van der Waals surface area contributed by atoms with E-state index in [2.05, 4.69) is 16.0 Å². The molecule has 0 radical (unpaired) electrons. The number of rotatable bonds is 5. The molecule has 4 amide bonds. The summed E-state index contributed by atoms with van der Waals surface area (Å²) < 4.78 is 0. The molecule has 1 aromatic rings. The fraction of sp³-hybridized carbons (Fsp3) is 0.500. The zero-order chi connectivity index (χ0) is 19.4. The Bertz CT molecular complexity index is 888. The summed E-state index contributed by atoms with van der Waals surface area (Å²) in [6, 6.07) is 4.32. The van der Waals surface area contributed by atoms with Crippen molar-refractivity contribution in [2.75, 3.05) is 19.6 Å². The zero-order valence-electron chi connectivity index (χ0n) is 15.4. The van der Waals surface area contributed by atoms with Crippen molar-refractivity contribution in [2.45, 2.75) is 25.4 Å². The molecular formula is C20H22N4O4. The predicted molar refractivity (Wildman–Crippen MR) is 98.2 cm³/mol. The number of fused-ring (bicyclic) bond motifs is 2. The topological polar surface area (TPSA) is 108 Å². The van der Waals surface area contributed by atoms with Crippen LogP contribution in [0.3, 0.4) is 0 Å². The predicted octanol–water partition coefficient (Wildman–Crippen LogP) is -0.357. The molecule has 0 spiro atoms. The van der Waals surface area contributed by atoms with Gasteiger partial charge in [-0.15, -0.1) is 0 Å². The Balaban J connectivity index is 1.31. The van der Waals surface area contributed by atoms with E-state index in [1.54, 1.807) is 12.1 Å². The van der Waals surface area contributed by atoms with Gasteiger partial charge in [-0.3, -0.25) is 29.4 Å². The Labute approximate surface area is 162 Å². The monoisotopic (exact) mass is 382 g/mol. The average molecular weight is 382 g/mol. The molecule has 1 saturated carbocycles. The lowest BCUT2D eigenvalue weighted by molar-refractivity contribution is -0.136. The number of hydrogen-bond donors (Lipinski definition) is 3. The van der Waals surface area contributed by atoms with E-state index in [9.17, 15) is 19.2 Å². The van der Waals surface area contributed by atoms with Crippen LogP contribution in [0.25, 0.3) is 0 Å². The van der Waals surface area contributed by atoms with Gasteiger partial charge in [0.25, 0.3) is 11.8 Å². The normalized spacial score (nSPS) is 31.1. The van der Waals surface area contributed by atoms with Gasteiger partial charge in [-0.2, -0.15) is 0 Å². The summed E-state index contributed by atoms with van der Waals surface area (Å²) in [5.41, 5.74) is 1.48. The van der Waals surface area contributed by atoms with Crippen molar-refractivity contribution in [3.05, 3.63) is 34.9 Å². The molecule has 2 saturated heterocycles. The molecule has 3 atom stereocenters. The SMILES string of the molecule is O=C1CCC(N2C(=O)c3cccc(CNCC4C5CNCC45)c3C2=O)C(=O)N1. The van der Waals surface area contributed by atoms with Crippen LogP contribution in [0.2, 0.25) is 0 Å². The molecule has 0 bridgehead atoms. The number of carbonyl (C=O) groups is 4. The summed E-state index contributed by atoms with van der Waals surface area (Å²) >= 11 is 0. The van der Waals surface area contributed by atoms with E-state index < -0.39 is 23.8 Å². The van der Waals surface area contributed by atoms with Gasteiger partial charge in [0.15, 0.2) is 0 Å². The molecule has 0 aromatic heterocycles. The molecule has 28 heavy (non-hydrogen) atoms.